The summed E-state index contributed by atoms with van der Waals surface area (Å²) in [5.74, 6) is -0.314. The molecule has 0 saturated heterocycles. The average Bonchev–Trinajstić information content (AvgIpc) is 2.27. The van der Waals surface area contributed by atoms with Crippen molar-refractivity contribution in [3.63, 3.8) is 0 Å². The maximum Gasteiger partial charge on any atom is 0.416 e. The van der Waals surface area contributed by atoms with Crippen LogP contribution in [0.1, 0.15) is 12.0 Å². The van der Waals surface area contributed by atoms with E-state index in [4.69, 9.17) is 11.6 Å². The molecule has 1 aromatic rings. The Morgan fingerprint density at radius 2 is 2.06 bits per heavy atom. The first kappa shape index (κ1) is 14.8. The van der Waals surface area contributed by atoms with Crippen molar-refractivity contribution in [3.05, 3.63) is 28.8 Å². The van der Waals surface area contributed by atoms with E-state index in [9.17, 15) is 18.0 Å². The topological polar surface area (TPSA) is 41.1 Å². The highest BCUT2D eigenvalue weighted by molar-refractivity contribution is 6.33. The number of alkyl halides is 3. The Labute approximate surface area is 107 Å². The number of hydrogen-bond donors (Lipinski definition) is 2. The van der Waals surface area contributed by atoms with Gasteiger partial charge in [-0.05, 0) is 25.2 Å². The van der Waals surface area contributed by atoms with E-state index in [1.165, 1.54) is 0 Å². The maximum absolute atomic E-state index is 12.4. The second-order valence-electron chi connectivity index (χ2n) is 3.59. The van der Waals surface area contributed by atoms with E-state index in [0.717, 1.165) is 18.2 Å². The zero-order valence-corrected chi connectivity index (χ0v) is 10.3. The van der Waals surface area contributed by atoms with Crippen LogP contribution in [0.2, 0.25) is 5.02 Å². The van der Waals surface area contributed by atoms with Gasteiger partial charge in [-0.25, -0.2) is 0 Å². The van der Waals surface area contributed by atoms with Crippen molar-refractivity contribution in [1.29, 1.82) is 0 Å². The van der Waals surface area contributed by atoms with Crippen molar-refractivity contribution in [2.24, 2.45) is 0 Å². The fraction of sp³-hybridized carbons (Fsp3) is 0.364. The Kier molecular flexibility index (Phi) is 4.98. The highest BCUT2D eigenvalue weighted by atomic mass is 35.5. The number of carbonyl (C=O) groups is 1. The smallest absolute Gasteiger partial charge is 0.325 e. The van der Waals surface area contributed by atoms with Crippen LogP contribution in [0, 0.1) is 0 Å². The van der Waals surface area contributed by atoms with Crippen LogP contribution in [0.5, 0.6) is 0 Å². The van der Waals surface area contributed by atoms with Gasteiger partial charge < -0.3 is 10.6 Å². The highest BCUT2D eigenvalue weighted by Gasteiger charge is 2.30. The molecular weight excluding hydrogens is 269 g/mol. The number of halogens is 4. The number of rotatable bonds is 4. The van der Waals surface area contributed by atoms with Crippen molar-refractivity contribution in [3.8, 4) is 0 Å². The van der Waals surface area contributed by atoms with Crippen molar-refractivity contribution in [1.82, 2.24) is 5.32 Å². The summed E-state index contributed by atoms with van der Waals surface area (Å²) < 4.78 is 37.1. The SMILES string of the molecule is CNCCC(=O)Nc1ccc(C(F)(F)F)cc1Cl. The third-order valence-electron chi connectivity index (χ3n) is 2.17. The Morgan fingerprint density at radius 1 is 1.39 bits per heavy atom. The minimum Gasteiger partial charge on any atom is -0.325 e. The fourth-order valence-corrected chi connectivity index (χ4v) is 1.47. The van der Waals surface area contributed by atoms with Gasteiger partial charge in [0, 0.05) is 13.0 Å². The average molecular weight is 281 g/mol. The number of anilines is 1. The Morgan fingerprint density at radius 3 is 2.56 bits per heavy atom. The number of hydrogen-bond acceptors (Lipinski definition) is 2. The van der Waals surface area contributed by atoms with E-state index in [2.05, 4.69) is 10.6 Å². The molecule has 0 spiro atoms. The summed E-state index contributed by atoms with van der Waals surface area (Å²) in [6.45, 7) is 0.476. The molecule has 100 valence electrons. The molecule has 0 fully saturated rings. The summed E-state index contributed by atoms with van der Waals surface area (Å²) in [5.41, 5.74) is -0.675. The molecule has 0 aromatic heterocycles. The van der Waals surface area contributed by atoms with Crippen molar-refractivity contribution < 1.29 is 18.0 Å². The van der Waals surface area contributed by atoms with Crippen LogP contribution in [-0.4, -0.2) is 19.5 Å². The van der Waals surface area contributed by atoms with Gasteiger partial charge >= 0.3 is 6.18 Å². The lowest BCUT2D eigenvalue weighted by molar-refractivity contribution is -0.137. The summed E-state index contributed by atoms with van der Waals surface area (Å²) in [7, 11) is 1.69. The summed E-state index contributed by atoms with van der Waals surface area (Å²) in [6.07, 6.45) is -4.23. The van der Waals surface area contributed by atoms with Crippen molar-refractivity contribution >= 4 is 23.2 Å². The maximum atomic E-state index is 12.4. The first-order valence-electron chi connectivity index (χ1n) is 5.16. The van der Waals surface area contributed by atoms with Crippen LogP contribution in [0.15, 0.2) is 18.2 Å². The summed E-state index contributed by atoms with van der Waals surface area (Å²) >= 11 is 5.68. The zero-order chi connectivity index (χ0) is 13.8. The zero-order valence-electron chi connectivity index (χ0n) is 9.57. The molecule has 3 nitrogen and oxygen atoms in total. The van der Waals surface area contributed by atoms with Gasteiger partial charge in [-0.2, -0.15) is 13.2 Å². The molecule has 0 aliphatic rings. The van der Waals surface area contributed by atoms with E-state index < -0.39 is 11.7 Å². The molecular formula is C11H12ClF3N2O. The molecule has 0 aliphatic heterocycles. The first-order chi connectivity index (χ1) is 8.34. The molecule has 0 saturated carbocycles. The van der Waals surface area contributed by atoms with Gasteiger partial charge in [-0.15, -0.1) is 0 Å². The van der Waals surface area contributed by atoms with E-state index >= 15 is 0 Å². The minimum absolute atomic E-state index is 0.136. The van der Waals surface area contributed by atoms with Gasteiger partial charge in [0.2, 0.25) is 5.91 Å². The normalized spacial score (nSPS) is 11.4. The molecule has 0 radical (unpaired) electrons. The summed E-state index contributed by atoms with van der Waals surface area (Å²) in [6, 6.07) is 2.80. The molecule has 1 aromatic carbocycles. The molecule has 0 bridgehead atoms. The Bertz CT molecular complexity index is 435. The van der Waals surface area contributed by atoms with Gasteiger partial charge in [0.15, 0.2) is 0 Å². The number of benzene rings is 1. The Balaban J connectivity index is 2.77. The lowest BCUT2D eigenvalue weighted by atomic mass is 10.2. The summed E-state index contributed by atoms with van der Waals surface area (Å²) in [5, 5.41) is 5.09. The molecule has 1 amide bonds. The lowest BCUT2D eigenvalue weighted by Crippen LogP contribution is -2.19. The van der Waals surface area contributed by atoms with E-state index in [1.54, 1.807) is 7.05 Å². The highest BCUT2D eigenvalue weighted by Crippen LogP contribution is 2.33. The monoisotopic (exact) mass is 280 g/mol. The third kappa shape index (κ3) is 4.19. The number of nitrogens with one attached hydrogen (secondary N) is 2. The first-order valence-corrected chi connectivity index (χ1v) is 5.53. The van der Waals surface area contributed by atoms with Gasteiger partial charge in [0.25, 0.3) is 0 Å². The second kappa shape index (κ2) is 6.06. The molecule has 7 heteroatoms. The van der Waals surface area contributed by atoms with Crippen LogP contribution in [0.25, 0.3) is 0 Å². The van der Waals surface area contributed by atoms with Gasteiger partial charge in [-0.1, -0.05) is 11.6 Å². The molecule has 2 N–H and O–H groups in total. The molecule has 18 heavy (non-hydrogen) atoms. The van der Waals surface area contributed by atoms with Crippen LogP contribution in [0.4, 0.5) is 18.9 Å². The molecule has 0 aliphatic carbocycles. The quantitative estimate of drug-likeness (QED) is 0.890. The van der Waals surface area contributed by atoms with E-state index in [0.29, 0.717) is 6.54 Å². The molecule has 0 unspecified atom stereocenters. The molecule has 0 heterocycles. The van der Waals surface area contributed by atoms with Crippen molar-refractivity contribution in [2.45, 2.75) is 12.6 Å². The largest absolute Gasteiger partial charge is 0.416 e. The standard InChI is InChI=1S/C11H12ClF3N2O/c1-16-5-4-10(18)17-9-3-2-7(6-8(9)12)11(13,14)15/h2-3,6,16H,4-5H2,1H3,(H,17,18). The number of carbonyl (C=O) groups excluding carboxylic acids is 1. The van der Waals surface area contributed by atoms with Crippen LogP contribution >= 0.6 is 11.6 Å². The Hall–Kier alpha value is -1.27. The second-order valence-corrected chi connectivity index (χ2v) is 4.00. The van der Waals surface area contributed by atoms with Crippen molar-refractivity contribution in [2.75, 3.05) is 18.9 Å². The van der Waals surface area contributed by atoms with Crippen LogP contribution in [0.3, 0.4) is 0 Å². The van der Waals surface area contributed by atoms with E-state index in [1.807, 2.05) is 0 Å². The van der Waals surface area contributed by atoms with Gasteiger partial charge in [0.05, 0.1) is 16.3 Å². The van der Waals surface area contributed by atoms with Crippen LogP contribution in [-0.2, 0) is 11.0 Å². The lowest BCUT2D eigenvalue weighted by Gasteiger charge is -2.11. The van der Waals surface area contributed by atoms with Crippen LogP contribution < -0.4 is 10.6 Å². The summed E-state index contributed by atoms with van der Waals surface area (Å²) in [4.78, 5) is 11.4. The fourth-order valence-electron chi connectivity index (χ4n) is 1.24. The predicted molar refractivity (Wildman–Crippen MR) is 63.6 cm³/mol. The predicted octanol–water partition coefficient (Wildman–Crippen LogP) is 2.91. The van der Waals surface area contributed by atoms with Gasteiger partial charge in [-0.3, -0.25) is 4.79 Å². The minimum atomic E-state index is -4.45. The molecule has 0 atom stereocenters. The third-order valence-corrected chi connectivity index (χ3v) is 2.49. The number of amides is 1. The molecule has 1 rings (SSSR count). The van der Waals surface area contributed by atoms with E-state index in [-0.39, 0.29) is 23.0 Å². The van der Waals surface area contributed by atoms with Gasteiger partial charge in [0.1, 0.15) is 0 Å².